The molecule has 1 heterocycles. The van der Waals surface area contributed by atoms with E-state index in [1.807, 2.05) is 0 Å². The lowest BCUT2D eigenvalue weighted by Crippen LogP contribution is -2.30. The van der Waals surface area contributed by atoms with Crippen LogP contribution in [0.5, 0.6) is 17.2 Å². The molecule has 1 aromatic heterocycles. The second-order valence-electron chi connectivity index (χ2n) is 5.33. The second kappa shape index (κ2) is 8.02. The number of ether oxygens (including phenoxy) is 3. The zero-order valence-electron chi connectivity index (χ0n) is 14.7. The summed E-state index contributed by atoms with van der Waals surface area (Å²) in [6.45, 7) is -0.0178. The minimum Gasteiger partial charge on any atom is -0.493 e. The molecule has 0 aliphatic heterocycles. The Morgan fingerprint density at radius 1 is 1.07 bits per heavy atom. The number of rotatable bonds is 6. The Balaban J connectivity index is 2.20. The minimum atomic E-state index is -4.70. The highest BCUT2D eigenvalue weighted by Crippen LogP contribution is 2.38. The number of carbonyl (C=O) groups excluding carboxylic acids is 1. The second-order valence-corrected chi connectivity index (χ2v) is 5.33. The van der Waals surface area contributed by atoms with E-state index < -0.39 is 28.9 Å². The fraction of sp³-hybridized carbons (Fsp3) is 0.294. The summed E-state index contributed by atoms with van der Waals surface area (Å²) in [5.41, 5.74) is -2.22. The van der Waals surface area contributed by atoms with E-state index in [4.69, 9.17) is 14.2 Å². The van der Waals surface area contributed by atoms with Crippen LogP contribution in [0.2, 0.25) is 0 Å². The van der Waals surface area contributed by atoms with Crippen LogP contribution in [0.3, 0.4) is 0 Å². The molecule has 10 heteroatoms. The molecule has 7 nitrogen and oxygen atoms in total. The number of aromatic amines is 1. The summed E-state index contributed by atoms with van der Waals surface area (Å²) in [6.07, 6.45) is -4.70. The van der Waals surface area contributed by atoms with Crippen LogP contribution in [0.1, 0.15) is 21.6 Å². The first-order chi connectivity index (χ1) is 12.7. The van der Waals surface area contributed by atoms with Gasteiger partial charge in [0.1, 0.15) is 11.3 Å². The Hall–Kier alpha value is -3.17. The van der Waals surface area contributed by atoms with Crippen LogP contribution in [-0.2, 0) is 12.7 Å². The summed E-state index contributed by atoms with van der Waals surface area (Å²) in [5.74, 6) is 0.287. The van der Waals surface area contributed by atoms with Crippen LogP contribution in [0.15, 0.2) is 29.1 Å². The predicted molar refractivity (Wildman–Crippen MR) is 89.3 cm³/mol. The zero-order valence-corrected chi connectivity index (χ0v) is 14.7. The molecule has 2 aromatic rings. The molecule has 0 atom stereocenters. The van der Waals surface area contributed by atoms with Crippen molar-refractivity contribution < 1.29 is 32.2 Å². The summed E-state index contributed by atoms with van der Waals surface area (Å²) >= 11 is 0. The maximum atomic E-state index is 12.6. The van der Waals surface area contributed by atoms with Crippen molar-refractivity contribution in [1.82, 2.24) is 10.3 Å². The first kappa shape index (κ1) is 20.1. The number of amides is 1. The van der Waals surface area contributed by atoms with Gasteiger partial charge in [0.05, 0.1) is 21.3 Å². The van der Waals surface area contributed by atoms with E-state index in [-0.39, 0.29) is 6.54 Å². The van der Waals surface area contributed by atoms with Crippen molar-refractivity contribution >= 4 is 5.91 Å². The zero-order chi connectivity index (χ0) is 20.2. The highest BCUT2D eigenvalue weighted by atomic mass is 19.4. The van der Waals surface area contributed by atoms with E-state index in [1.54, 1.807) is 17.1 Å². The topological polar surface area (TPSA) is 89.7 Å². The van der Waals surface area contributed by atoms with Gasteiger partial charge in [-0.25, -0.2) is 0 Å². The number of hydrogen-bond acceptors (Lipinski definition) is 5. The summed E-state index contributed by atoms with van der Waals surface area (Å²) < 4.78 is 53.3. The lowest BCUT2D eigenvalue weighted by Gasteiger charge is -2.14. The molecule has 0 aliphatic carbocycles. The molecule has 0 bridgehead atoms. The van der Waals surface area contributed by atoms with E-state index >= 15 is 0 Å². The first-order valence-electron chi connectivity index (χ1n) is 7.58. The maximum Gasteiger partial charge on any atom is 0.431 e. The lowest BCUT2D eigenvalue weighted by atomic mass is 10.1. The number of pyridine rings is 1. The van der Waals surface area contributed by atoms with Gasteiger partial charge in [-0.2, -0.15) is 13.2 Å². The Morgan fingerprint density at radius 2 is 1.67 bits per heavy atom. The fourth-order valence-corrected chi connectivity index (χ4v) is 2.33. The molecule has 0 spiro atoms. The van der Waals surface area contributed by atoms with E-state index in [9.17, 15) is 22.8 Å². The van der Waals surface area contributed by atoms with Gasteiger partial charge in [0.25, 0.3) is 11.5 Å². The molecular weight excluding hydrogens is 369 g/mol. The molecule has 0 saturated carbocycles. The molecule has 2 N–H and O–H groups in total. The van der Waals surface area contributed by atoms with Crippen molar-refractivity contribution in [1.29, 1.82) is 0 Å². The van der Waals surface area contributed by atoms with Crippen LogP contribution in [-0.4, -0.2) is 32.2 Å². The summed E-state index contributed by atoms with van der Waals surface area (Å²) in [7, 11) is 4.31. The number of H-pyrrole nitrogens is 1. The number of halogens is 3. The van der Waals surface area contributed by atoms with Gasteiger partial charge in [-0.05, 0) is 29.8 Å². The number of hydrogen-bond donors (Lipinski definition) is 2. The van der Waals surface area contributed by atoms with Crippen molar-refractivity contribution in [2.45, 2.75) is 12.7 Å². The Morgan fingerprint density at radius 3 is 2.11 bits per heavy atom. The number of benzene rings is 1. The van der Waals surface area contributed by atoms with Gasteiger partial charge in [-0.1, -0.05) is 0 Å². The van der Waals surface area contributed by atoms with Crippen LogP contribution in [0.25, 0.3) is 0 Å². The molecule has 0 saturated heterocycles. The number of methoxy groups -OCH3 is 3. The SMILES string of the molecule is COc1cc(CNC(=O)c2ccc(C(F)(F)F)[nH]c2=O)cc(OC)c1OC. The van der Waals surface area contributed by atoms with Crippen LogP contribution in [0.4, 0.5) is 13.2 Å². The van der Waals surface area contributed by atoms with Gasteiger partial charge >= 0.3 is 6.18 Å². The maximum absolute atomic E-state index is 12.6. The number of nitrogens with one attached hydrogen (secondary N) is 2. The molecule has 0 radical (unpaired) electrons. The fourth-order valence-electron chi connectivity index (χ4n) is 2.33. The van der Waals surface area contributed by atoms with E-state index in [0.717, 1.165) is 6.07 Å². The van der Waals surface area contributed by atoms with Crippen molar-refractivity contribution in [3.63, 3.8) is 0 Å². The Labute approximate surface area is 152 Å². The van der Waals surface area contributed by atoms with Gasteiger partial charge in [0, 0.05) is 6.54 Å². The third-order valence-electron chi connectivity index (χ3n) is 3.64. The molecular formula is C17H17F3N2O5. The highest BCUT2D eigenvalue weighted by molar-refractivity contribution is 5.93. The number of alkyl halides is 3. The van der Waals surface area contributed by atoms with Crippen LogP contribution in [0, 0.1) is 0 Å². The monoisotopic (exact) mass is 386 g/mol. The Bertz CT molecular complexity index is 868. The average molecular weight is 386 g/mol. The van der Waals surface area contributed by atoms with Crippen molar-refractivity contribution in [2.24, 2.45) is 0 Å². The van der Waals surface area contributed by atoms with Crippen molar-refractivity contribution in [3.8, 4) is 17.2 Å². The molecule has 146 valence electrons. The standard InChI is InChI=1S/C17H17F3N2O5/c1-25-11-6-9(7-12(26-2)14(11)27-3)8-21-15(23)10-4-5-13(17(18,19)20)22-16(10)24/h4-7H,8H2,1-3H3,(H,21,23)(H,22,24). The predicted octanol–water partition coefficient (Wildman–Crippen LogP) is 2.35. The largest absolute Gasteiger partial charge is 0.493 e. The molecule has 27 heavy (non-hydrogen) atoms. The summed E-state index contributed by atoms with van der Waals surface area (Å²) in [5, 5.41) is 2.46. The molecule has 2 rings (SSSR count). The lowest BCUT2D eigenvalue weighted by molar-refractivity contribution is -0.141. The van der Waals surface area contributed by atoms with Gasteiger partial charge in [0.2, 0.25) is 5.75 Å². The quantitative estimate of drug-likeness (QED) is 0.796. The van der Waals surface area contributed by atoms with Gasteiger partial charge in [-0.3, -0.25) is 9.59 Å². The molecule has 0 aliphatic rings. The molecule has 1 aromatic carbocycles. The summed E-state index contributed by atoms with van der Waals surface area (Å²) in [6, 6.07) is 4.65. The number of carbonyl (C=O) groups is 1. The first-order valence-corrected chi connectivity index (χ1v) is 7.58. The molecule has 1 amide bonds. The van der Waals surface area contributed by atoms with Gasteiger partial charge in [0.15, 0.2) is 11.5 Å². The van der Waals surface area contributed by atoms with Gasteiger partial charge < -0.3 is 24.5 Å². The number of aromatic nitrogens is 1. The van der Waals surface area contributed by atoms with Crippen LogP contribution < -0.4 is 25.1 Å². The average Bonchev–Trinajstić information content (AvgIpc) is 2.64. The smallest absolute Gasteiger partial charge is 0.431 e. The third-order valence-corrected chi connectivity index (χ3v) is 3.64. The van der Waals surface area contributed by atoms with E-state index in [0.29, 0.717) is 28.9 Å². The van der Waals surface area contributed by atoms with Crippen molar-refractivity contribution in [2.75, 3.05) is 21.3 Å². The van der Waals surface area contributed by atoms with Crippen LogP contribution >= 0.6 is 0 Å². The highest BCUT2D eigenvalue weighted by Gasteiger charge is 2.32. The van der Waals surface area contributed by atoms with E-state index in [1.165, 1.54) is 21.3 Å². The van der Waals surface area contributed by atoms with E-state index in [2.05, 4.69) is 5.32 Å². The Kier molecular flexibility index (Phi) is 5.98. The van der Waals surface area contributed by atoms with Gasteiger partial charge in [-0.15, -0.1) is 0 Å². The molecule has 0 fully saturated rings. The van der Waals surface area contributed by atoms with Crippen molar-refractivity contribution in [3.05, 3.63) is 51.4 Å². The summed E-state index contributed by atoms with van der Waals surface area (Å²) in [4.78, 5) is 25.5. The normalized spacial score (nSPS) is 11.0. The molecule has 0 unspecified atom stereocenters. The third kappa shape index (κ3) is 4.52. The minimum absolute atomic E-state index is 0.0178.